The highest BCUT2D eigenvalue weighted by Gasteiger charge is 2.18. The SMILES string of the molecule is COc1nc2nc(C)nc(N[C@H](C)c3cccc(C(F)F)c3C)c2cc1Br. The Hall–Kier alpha value is -2.35. The lowest BCUT2D eigenvalue weighted by Gasteiger charge is -2.20. The average Bonchev–Trinajstić information content (AvgIpc) is 2.61. The molecule has 2 heterocycles. The Labute approximate surface area is 164 Å². The van der Waals surface area contributed by atoms with Crippen molar-refractivity contribution in [3.05, 3.63) is 51.3 Å². The number of aromatic nitrogens is 3. The van der Waals surface area contributed by atoms with Crippen LogP contribution in [0.2, 0.25) is 0 Å². The highest BCUT2D eigenvalue weighted by molar-refractivity contribution is 9.10. The molecule has 8 heteroatoms. The lowest BCUT2D eigenvalue weighted by molar-refractivity contribution is 0.150. The van der Waals surface area contributed by atoms with E-state index in [1.54, 1.807) is 19.9 Å². The Morgan fingerprint density at radius 3 is 2.48 bits per heavy atom. The quantitative estimate of drug-likeness (QED) is 0.570. The third-order valence-corrected chi connectivity index (χ3v) is 4.95. The molecule has 3 rings (SSSR count). The number of halogens is 3. The monoisotopic (exact) mass is 436 g/mol. The van der Waals surface area contributed by atoms with E-state index in [1.807, 2.05) is 19.1 Å². The summed E-state index contributed by atoms with van der Waals surface area (Å²) in [5.41, 5.74) is 1.90. The molecule has 3 aromatic rings. The topological polar surface area (TPSA) is 59.9 Å². The number of methoxy groups -OCH3 is 1. The Kier molecular flexibility index (Phi) is 5.55. The minimum atomic E-state index is -2.51. The number of ether oxygens (including phenoxy) is 1. The molecule has 0 saturated heterocycles. The number of pyridine rings is 1. The van der Waals surface area contributed by atoms with E-state index in [0.717, 1.165) is 5.56 Å². The van der Waals surface area contributed by atoms with Crippen LogP contribution in [0.25, 0.3) is 11.0 Å². The molecule has 1 aromatic carbocycles. The van der Waals surface area contributed by atoms with Crippen LogP contribution >= 0.6 is 15.9 Å². The Balaban J connectivity index is 2.04. The molecule has 0 radical (unpaired) electrons. The predicted octanol–water partition coefficient (Wildman–Crippen LogP) is 5.52. The number of alkyl halides is 2. The van der Waals surface area contributed by atoms with Crippen molar-refractivity contribution in [1.29, 1.82) is 0 Å². The third-order valence-electron chi connectivity index (χ3n) is 4.39. The van der Waals surface area contributed by atoms with Gasteiger partial charge in [-0.15, -0.1) is 0 Å². The molecule has 0 bridgehead atoms. The number of hydrogen-bond acceptors (Lipinski definition) is 5. The van der Waals surface area contributed by atoms with Crippen LogP contribution in [0.15, 0.2) is 28.7 Å². The average molecular weight is 437 g/mol. The zero-order valence-electron chi connectivity index (χ0n) is 15.3. The second-order valence-electron chi connectivity index (χ2n) is 6.20. The molecule has 2 aromatic heterocycles. The van der Waals surface area contributed by atoms with Crippen molar-refractivity contribution in [2.75, 3.05) is 12.4 Å². The first-order chi connectivity index (χ1) is 12.8. The van der Waals surface area contributed by atoms with Gasteiger partial charge in [-0.25, -0.2) is 18.7 Å². The molecule has 0 saturated carbocycles. The van der Waals surface area contributed by atoms with Crippen molar-refractivity contribution in [2.24, 2.45) is 0 Å². The maximum Gasteiger partial charge on any atom is 0.264 e. The molecular formula is C19H19BrF2N4O. The van der Waals surface area contributed by atoms with Crippen LogP contribution in [0, 0.1) is 13.8 Å². The van der Waals surface area contributed by atoms with E-state index in [1.165, 1.54) is 13.2 Å². The summed E-state index contributed by atoms with van der Waals surface area (Å²) < 4.78 is 32.3. The molecular weight excluding hydrogens is 418 g/mol. The second kappa shape index (κ2) is 7.72. The number of benzene rings is 1. The summed E-state index contributed by atoms with van der Waals surface area (Å²) in [5, 5.41) is 4.03. The van der Waals surface area contributed by atoms with Crippen LogP contribution in [0.3, 0.4) is 0 Å². The van der Waals surface area contributed by atoms with Gasteiger partial charge in [0.1, 0.15) is 11.6 Å². The highest BCUT2D eigenvalue weighted by atomic mass is 79.9. The summed E-state index contributed by atoms with van der Waals surface area (Å²) in [7, 11) is 1.53. The molecule has 0 unspecified atom stereocenters. The lowest BCUT2D eigenvalue weighted by atomic mass is 9.97. The van der Waals surface area contributed by atoms with Crippen molar-refractivity contribution in [1.82, 2.24) is 15.0 Å². The molecule has 0 aliphatic rings. The first-order valence-electron chi connectivity index (χ1n) is 8.34. The van der Waals surface area contributed by atoms with Crippen molar-refractivity contribution in [2.45, 2.75) is 33.2 Å². The van der Waals surface area contributed by atoms with Crippen LogP contribution in [0.5, 0.6) is 5.88 Å². The van der Waals surface area contributed by atoms with Gasteiger partial charge in [0.05, 0.1) is 23.0 Å². The van der Waals surface area contributed by atoms with E-state index in [4.69, 9.17) is 4.74 Å². The zero-order valence-corrected chi connectivity index (χ0v) is 16.9. The largest absolute Gasteiger partial charge is 0.480 e. The zero-order chi connectivity index (χ0) is 19.7. The standard InChI is InChI=1S/C19H19BrF2N4O/c1-9-12(6-5-7-13(9)16(21)22)10(2)23-17-14-8-15(20)19(27-4)26-18(14)25-11(3)24-17/h5-8,10,16H,1-4H3,(H,23,24,25,26)/t10-/m1/s1. The van der Waals surface area contributed by atoms with Crippen molar-refractivity contribution in [3.63, 3.8) is 0 Å². The number of nitrogens with one attached hydrogen (secondary N) is 1. The fourth-order valence-electron chi connectivity index (χ4n) is 3.04. The molecule has 0 aliphatic heterocycles. The van der Waals surface area contributed by atoms with E-state index in [0.29, 0.717) is 38.6 Å². The Morgan fingerprint density at radius 1 is 1.11 bits per heavy atom. The fourth-order valence-corrected chi connectivity index (χ4v) is 3.52. The first kappa shape index (κ1) is 19.4. The fraction of sp³-hybridized carbons (Fsp3) is 0.316. The third kappa shape index (κ3) is 3.85. The van der Waals surface area contributed by atoms with E-state index in [-0.39, 0.29) is 11.6 Å². The summed E-state index contributed by atoms with van der Waals surface area (Å²) in [5.74, 6) is 1.56. The van der Waals surface area contributed by atoms with Gasteiger partial charge in [-0.05, 0) is 53.9 Å². The van der Waals surface area contributed by atoms with Gasteiger partial charge in [-0.1, -0.05) is 18.2 Å². The summed E-state index contributed by atoms with van der Waals surface area (Å²) in [6, 6.07) is 6.54. The molecule has 0 fully saturated rings. The molecule has 27 heavy (non-hydrogen) atoms. The smallest absolute Gasteiger partial charge is 0.264 e. The predicted molar refractivity (Wildman–Crippen MR) is 104 cm³/mol. The summed E-state index contributed by atoms with van der Waals surface area (Å²) >= 11 is 3.42. The van der Waals surface area contributed by atoms with Gasteiger partial charge in [0.2, 0.25) is 5.88 Å². The lowest BCUT2D eigenvalue weighted by Crippen LogP contribution is -2.12. The van der Waals surface area contributed by atoms with E-state index >= 15 is 0 Å². The van der Waals surface area contributed by atoms with Gasteiger partial charge in [0, 0.05) is 5.56 Å². The molecule has 142 valence electrons. The minimum Gasteiger partial charge on any atom is -0.480 e. The van der Waals surface area contributed by atoms with Crippen molar-refractivity contribution >= 4 is 32.8 Å². The van der Waals surface area contributed by atoms with Crippen LogP contribution in [0.4, 0.5) is 14.6 Å². The minimum absolute atomic E-state index is 0.0408. The number of rotatable bonds is 5. The van der Waals surface area contributed by atoms with Crippen molar-refractivity contribution < 1.29 is 13.5 Å². The van der Waals surface area contributed by atoms with E-state index < -0.39 is 6.43 Å². The number of fused-ring (bicyclic) bond motifs is 1. The van der Waals surface area contributed by atoms with Crippen LogP contribution in [-0.2, 0) is 0 Å². The van der Waals surface area contributed by atoms with Gasteiger partial charge in [-0.2, -0.15) is 4.98 Å². The van der Waals surface area contributed by atoms with Crippen LogP contribution < -0.4 is 10.1 Å². The van der Waals surface area contributed by atoms with Gasteiger partial charge in [0.15, 0.2) is 5.65 Å². The number of anilines is 1. The van der Waals surface area contributed by atoms with E-state index in [2.05, 4.69) is 36.2 Å². The molecule has 0 aliphatic carbocycles. The Morgan fingerprint density at radius 2 is 1.81 bits per heavy atom. The van der Waals surface area contributed by atoms with Crippen LogP contribution in [-0.4, -0.2) is 22.1 Å². The van der Waals surface area contributed by atoms with Gasteiger partial charge >= 0.3 is 0 Å². The van der Waals surface area contributed by atoms with Gasteiger partial charge in [0.25, 0.3) is 6.43 Å². The number of aryl methyl sites for hydroxylation is 1. The number of hydrogen-bond donors (Lipinski definition) is 1. The second-order valence-corrected chi connectivity index (χ2v) is 7.05. The maximum atomic E-state index is 13.2. The van der Waals surface area contributed by atoms with Crippen molar-refractivity contribution in [3.8, 4) is 5.88 Å². The summed E-state index contributed by atoms with van der Waals surface area (Å²) in [6.45, 7) is 5.39. The van der Waals surface area contributed by atoms with Gasteiger partial charge in [-0.3, -0.25) is 0 Å². The van der Waals surface area contributed by atoms with Gasteiger partial charge < -0.3 is 10.1 Å². The number of nitrogens with zero attached hydrogens (tertiary/aromatic N) is 3. The molecule has 1 N–H and O–H groups in total. The maximum absolute atomic E-state index is 13.2. The molecule has 0 amide bonds. The summed E-state index contributed by atoms with van der Waals surface area (Å²) in [4.78, 5) is 13.2. The van der Waals surface area contributed by atoms with Crippen LogP contribution in [0.1, 0.15) is 41.9 Å². The Bertz CT molecular complexity index is 997. The normalized spacial score (nSPS) is 12.4. The molecule has 0 spiro atoms. The first-order valence-corrected chi connectivity index (χ1v) is 9.14. The molecule has 1 atom stereocenters. The molecule has 5 nitrogen and oxygen atoms in total. The highest BCUT2D eigenvalue weighted by Crippen LogP contribution is 2.33. The van der Waals surface area contributed by atoms with E-state index in [9.17, 15) is 8.78 Å². The summed E-state index contributed by atoms with van der Waals surface area (Å²) in [6.07, 6.45) is -2.51.